The predicted octanol–water partition coefficient (Wildman–Crippen LogP) is 0.429. The quantitative estimate of drug-likeness (QED) is 0.735. The second-order valence-corrected chi connectivity index (χ2v) is 6.01. The molecule has 0 aliphatic heterocycles. The second kappa shape index (κ2) is 6.51. The Hall–Kier alpha value is -1.40. The minimum Gasteiger partial charge on any atom is -0.351 e. The molecule has 0 saturated carbocycles. The van der Waals surface area contributed by atoms with Crippen LogP contribution < -0.4 is 10.6 Å². The summed E-state index contributed by atoms with van der Waals surface area (Å²) in [7, 11) is -1.60. The highest BCUT2D eigenvalue weighted by Crippen LogP contribution is 2.16. The maximum atomic E-state index is 11.9. The Balaban J connectivity index is 2.99. The number of carbonyl (C=O) groups excluding carboxylic acids is 1. The Morgan fingerprint density at radius 3 is 2.50 bits per heavy atom. The lowest BCUT2D eigenvalue weighted by atomic mass is 10.2. The molecule has 1 aromatic carbocycles. The van der Waals surface area contributed by atoms with Crippen LogP contribution in [0.3, 0.4) is 0 Å². The van der Waals surface area contributed by atoms with Gasteiger partial charge in [0, 0.05) is 13.1 Å². The number of hydrogen-bond acceptors (Lipinski definition) is 4. The van der Waals surface area contributed by atoms with Crippen LogP contribution in [0.5, 0.6) is 0 Å². The van der Waals surface area contributed by atoms with Crippen molar-refractivity contribution < 1.29 is 13.2 Å². The normalized spacial score (nSPS) is 11.2. The van der Waals surface area contributed by atoms with Gasteiger partial charge in [-0.1, -0.05) is 19.1 Å². The lowest BCUT2D eigenvalue weighted by Crippen LogP contribution is -2.31. The van der Waals surface area contributed by atoms with E-state index in [-0.39, 0.29) is 22.1 Å². The Labute approximate surface area is 108 Å². The highest BCUT2D eigenvalue weighted by atomic mass is 32.2. The van der Waals surface area contributed by atoms with Gasteiger partial charge in [-0.3, -0.25) is 4.79 Å². The zero-order valence-electron chi connectivity index (χ0n) is 10.6. The molecule has 1 amide bonds. The summed E-state index contributed by atoms with van der Waals surface area (Å²) in [6.07, 6.45) is 0. The summed E-state index contributed by atoms with van der Waals surface area (Å²) in [6.45, 7) is 2.65. The van der Waals surface area contributed by atoms with Crippen LogP contribution in [0.2, 0.25) is 0 Å². The molecule has 0 spiro atoms. The summed E-state index contributed by atoms with van der Waals surface area (Å²) in [4.78, 5) is 12.0. The van der Waals surface area contributed by atoms with Crippen molar-refractivity contribution in [3.63, 3.8) is 0 Å². The van der Waals surface area contributed by atoms with Crippen LogP contribution in [0.25, 0.3) is 0 Å². The third kappa shape index (κ3) is 3.54. The van der Waals surface area contributed by atoms with E-state index in [1.807, 2.05) is 0 Å². The first-order valence-corrected chi connectivity index (χ1v) is 7.42. The molecular weight excluding hydrogens is 252 g/mol. The number of amides is 1. The number of hydrogen-bond donors (Lipinski definition) is 2. The molecule has 100 valence electrons. The molecule has 2 N–H and O–H groups in total. The lowest BCUT2D eigenvalue weighted by molar-refractivity contribution is 0.0951. The molecular formula is C12H18N2O3S. The molecule has 0 atom stereocenters. The van der Waals surface area contributed by atoms with Gasteiger partial charge in [-0.2, -0.15) is 0 Å². The Morgan fingerprint density at radius 1 is 1.22 bits per heavy atom. The second-order valence-electron chi connectivity index (χ2n) is 3.76. The standard InChI is InChI=1S/C12H18N2O3S/c1-3-18(16,17)11-7-5-4-6-10(11)12(15)14-9-8-13-2/h4-7,13H,3,8-9H2,1-2H3,(H,14,15). The average Bonchev–Trinajstić information content (AvgIpc) is 2.39. The first-order valence-electron chi connectivity index (χ1n) is 5.77. The summed E-state index contributed by atoms with van der Waals surface area (Å²) in [5.74, 6) is -0.383. The van der Waals surface area contributed by atoms with Crippen molar-refractivity contribution in [1.82, 2.24) is 10.6 Å². The van der Waals surface area contributed by atoms with Gasteiger partial charge in [-0.15, -0.1) is 0 Å². The number of nitrogens with one attached hydrogen (secondary N) is 2. The van der Waals surface area contributed by atoms with Gasteiger partial charge in [0.25, 0.3) is 5.91 Å². The fourth-order valence-electron chi connectivity index (χ4n) is 1.48. The molecule has 6 heteroatoms. The first kappa shape index (κ1) is 14.7. The van der Waals surface area contributed by atoms with E-state index < -0.39 is 9.84 Å². The maximum absolute atomic E-state index is 11.9. The number of benzene rings is 1. The molecule has 0 radical (unpaired) electrons. The average molecular weight is 270 g/mol. The van der Waals surface area contributed by atoms with Crippen molar-refractivity contribution in [2.24, 2.45) is 0 Å². The number of sulfone groups is 1. The van der Waals surface area contributed by atoms with Crippen molar-refractivity contribution in [2.45, 2.75) is 11.8 Å². The summed E-state index contributed by atoms with van der Waals surface area (Å²) in [5.41, 5.74) is 0.204. The molecule has 1 rings (SSSR count). The number of rotatable bonds is 6. The lowest BCUT2D eigenvalue weighted by Gasteiger charge is -2.09. The zero-order chi connectivity index (χ0) is 13.6. The Bertz CT molecular complexity index is 512. The Morgan fingerprint density at radius 2 is 1.89 bits per heavy atom. The molecule has 5 nitrogen and oxygen atoms in total. The highest BCUT2D eigenvalue weighted by Gasteiger charge is 2.19. The summed E-state index contributed by atoms with van der Waals surface area (Å²) < 4.78 is 23.7. The van der Waals surface area contributed by atoms with E-state index >= 15 is 0 Å². The molecule has 0 aliphatic carbocycles. The number of likely N-dealkylation sites (N-methyl/N-ethyl adjacent to an activating group) is 1. The van der Waals surface area contributed by atoms with Crippen molar-refractivity contribution in [3.8, 4) is 0 Å². The van der Waals surface area contributed by atoms with Gasteiger partial charge in [0.05, 0.1) is 16.2 Å². The summed E-state index contributed by atoms with van der Waals surface area (Å²) >= 11 is 0. The van der Waals surface area contributed by atoms with Gasteiger partial charge < -0.3 is 10.6 Å². The smallest absolute Gasteiger partial charge is 0.252 e. The third-order valence-electron chi connectivity index (χ3n) is 2.51. The predicted molar refractivity (Wildman–Crippen MR) is 70.4 cm³/mol. The maximum Gasteiger partial charge on any atom is 0.252 e. The minimum atomic E-state index is -3.38. The first-order chi connectivity index (χ1) is 8.53. The van der Waals surface area contributed by atoms with E-state index in [0.29, 0.717) is 13.1 Å². The van der Waals surface area contributed by atoms with Gasteiger partial charge in [-0.05, 0) is 19.2 Å². The van der Waals surface area contributed by atoms with Crippen LogP contribution in [0, 0.1) is 0 Å². The monoisotopic (exact) mass is 270 g/mol. The third-order valence-corrected chi connectivity index (χ3v) is 4.29. The summed E-state index contributed by atoms with van der Waals surface area (Å²) in [6, 6.07) is 6.26. The Kier molecular flexibility index (Phi) is 5.30. The van der Waals surface area contributed by atoms with Gasteiger partial charge in [0.1, 0.15) is 0 Å². The topological polar surface area (TPSA) is 75.3 Å². The van der Waals surface area contributed by atoms with Crippen LogP contribution in [0.15, 0.2) is 29.2 Å². The number of carbonyl (C=O) groups is 1. The van der Waals surface area contributed by atoms with Crippen molar-refractivity contribution in [3.05, 3.63) is 29.8 Å². The van der Waals surface area contributed by atoms with E-state index in [2.05, 4.69) is 10.6 Å². The molecule has 0 aliphatic rings. The van der Waals surface area contributed by atoms with Crippen LogP contribution in [-0.4, -0.2) is 40.2 Å². The highest BCUT2D eigenvalue weighted by molar-refractivity contribution is 7.91. The van der Waals surface area contributed by atoms with E-state index in [4.69, 9.17) is 0 Å². The van der Waals surface area contributed by atoms with Crippen molar-refractivity contribution in [2.75, 3.05) is 25.9 Å². The fraction of sp³-hybridized carbons (Fsp3) is 0.417. The van der Waals surface area contributed by atoms with Crippen LogP contribution in [0.1, 0.15) is 17.3 Å². The SMILES string of the molecule is CCS(=O)(=O)c1ccccc1C(=O)NCCNC. The molecule has 0 heterocycles. The van der Waals surface area contributed by atoms with Crippen LogP contribution in [-0.2, 0) is 9.84 Å². The van der Waals surface area contributed by atoms with Crippen molar-refractivity contribution >= 4 is 15.7 Å². The fourth-order valence-corrected chi connectivity index (χ4v) is 2.57. The van der Waals surface area contributed by atoms with Gasteiger partial charge >= 0.3 is 0 Å². The van der Waals surface area contributed by atoms with Crippen LogP contribution >= 0.6 is 0 Å². The molecule has 18 heavy (non-hydrogen) atoms. The van der Waals surface area contributed by atoms with E-state index in [1.54, 1.807) is 26.1 Å². The van der Waals surface area contributed by atoms with Crippen LogP contribution in [0.4, 0.5) is 0 Å². The van der Waals surface area contributed by atoms with E-state index in [0.717, 1.165) is 0 Å². The molecule has 0 unspecified atom stereocenters. The van der Waals surface area contributed by atoms with E-state index in [1.165, 1.54) is 12.1 Å². The molecule has 0 saturated heterocycles. The molecule has 0 fully saturated rings. The molecule has 0 aromatic heterocycles. The van der Waals surface area contributed by atoms with Gasteiger partial charge in [0.15, 0.2) is 9.84 Å². The zero-order valence-corrected chi connectivity index (χ0v) is 11.4. The van der Waals surface area contributed by atoms with Gasteiger partial charge in [-0.25, -0.2) is 8.42 Å². The minimum absolute atomic E-state index is 0.0200. The largest absolute Gasteiger partial charge is 0.351 e. The molecule has 1 aromatic rings. The molecule has 0 bridgehead atoms. The van der Waals surface area contributed by atoms with Crippen molar-refractivity contribution in [1.29, 1.82) is 0 Å². The van der Waals surface area contributed by atoms with E-state index in [9.17, 15) is 13.2 Å². The van der Waals surface area contributed by atoms with Gasteiger partial charge in [0.2, 0.25) is 0 Å². The summed E-state index contributed by atoms with van der Waals surface area (Å²) in [5, 5.41) is 5.57.